The lowest BCUT2D eigenvalue weighted by atomic mass is 10.2. The fourth-order valence-corrected chi connectivity index (χ4v) is 6.15. The molecule has 0 aromatic heterocycles. The Bertz CT molecular complexity index is 895. The van der Waals surface area contributed by atoms with Gasteiger partial charge in [-0.3, -0.25) is 0 Å². The van der Waals surface area contributed by atoms with E-state index in [2.05, 4.69) is 135 Å². The zero-order chi connectivity index (χ0) is 27.1. The van der Waals surface area contributed by atoms with Crippen LogP contribution in [0.25, 0.3) is 0 Å². The number of hydrogen-bond acceptors (Lipinski definition) is 3. The molecular formula is C30H57N5+2. The molecule has 0 unspecified atom stereocenters. The van der Waals surface area contributed by atoms with Crippen LogP contribution in [0.15, 0.2) is 0 Å². The highest BCUT2D eigenvalue weighted by Crippen LogP contribution is 2.40. The van der Waals surface area contributed by atoms with Crippen molar-refractivity contribution in [2.75, 3.05) is 15.1 Å². The van der Waals surface area contributed by atoms with E-state index < -0.39 is 0 Å². The van der Waals surface area contributed by atoms with Crippen molar-refractivity contribution in [2.45, 2.75) is 159 Å². The Balaban J connectivity index is 2.82. The highest BCUT2D eigenvalue weighted by atomic mass is 15.3. The van der Waals surface area contributed by atoms with Crippen LogP contribution in [0.5, 0.6) is 0 Å². The number of rotatable bonds is 12. The highest BCUT2D eigenvalue weighted by Gasteiger charge is 2.43. The minimum absolute atomic E-state index is 0.447. The third kappa shape index (κ3) is 5.97. The molecule has 5 heteroatoms. The van der Waals surface area contributed by atoms with E-state index in [0.717, 1.165) is 0 Å². The Morgan fingerprint density at radius 1 is 0.429 bits per heavy atom. The van der Waals surface area contributed by atoms with Gasteiger partial charge in [-0.25, -0.2) is 9.15 Å². The molecule has 0 aliphatic carbocycles. The summed E-state index contributed by atoms with van der Waals surface area (Å²) in [6, 6.07) is 3.57. The van der Waals surface area contributed by atoms with Gasteiger partial charge < -0.3 is 15.1 Å². The lowest BCUT2D eigenvalue weighted by molar-refractivity contribution is 0.429. The lowest BCUT2D eigenvalue weighted by Crippen LogP contribution is -2.41. The van der Waals surface area contributed by atoms with Gasteiger partial charge in [0.15, 0.2) is 0 Å². The molecule has 5 nitrogen and oxygen atoms in total. The summed E-state index contributed by atoms with van der Waals surface area (Å²) in [7, 11) is 0. The first kappa shape index (κ1) is 29.5. The first-order chi connectivity index (χ1) is 16.1. The zero-order valence-corrected chi connectivity index (χ0v) is 25.9. The Hall–Kier alpha value is -1.78. The van der Waals surface area contributed by atoms with E-state index >= 15 is 0 Å². The molecule has 200 valence electrons. The molecule has 0 fully saturated rings. The summed E-state index contributed by atoms with van der Waals surface area (Å²) >= 11 is 0. The second-order valence-corrected chi connectivity index (χ2v) is 12.6. The van der Waals surface area contributed by atoms with Crippen LogP contribution in [-0.2, 0) is 0 Å². The van der Waals surface area contributed by atoms with Crippen molar-refractivity contribution in [1.29, 1.82) is 0 Å². The molecule has 35 heavy (non-hydrogen) atoms. The summed E-state index contributed by atoms with van der Waals surface area (Å²) in [6.45, 7) is 37.0. The second kappa shape index (κ2) is 11.1. The van der Waals surface area contributed by atoms with E-state index in [0.29, 0.717) is 48.3 Å². The minimum atomic E-state index is 0.447. The molecule has 0 atom stereocenters. The highest BCUT2D eigenvalue weighted by molar-refractivity contribution is 5.95. The maximum atomic E-state index is 4.01. The Kier molecular flexibility index (Phi) is 9.33. The van der Waals surface area contributed by atoms with E-state index in [1.807, 2.05) is 0 Å². The fraction of sp³-hybridized carbons (Fsp3) is 0.800. The van der Waals surface area contributed by atoms with E-state index in [1.54, 1.807) is 0 Å². The van der Waals surface area contributed by atoms with Gasteiger partial charge in [-0.2, -0.15) is 0 Å². The summed E-state index contributed by atoms with van der Waals surface area (Å²) in [5, 5.41) is 6.81. The lowest BCUT2D eigenvalue weighted by Gasteiger charge is -2.29. The number of nitrogens with one attached hydrogen (secondary N) is 1. The Morgan fingerprint density at radius 2 is 0.657 bits per heavy atom. The first-order valence-corrected chi connectivity index (χ1v) is 14.2. The van der Waals surface area contributed by atoms with E-state index in [1.165, 1.54) is 33.5 Å². The van der Waals surface area contributed by atoms with Crippen LogP contribution in [-0.4, -0.2) is 48.3 Å². The van der Waals surface area contributed by atoms with Crippen LogP contribution in [0.4, 0.5) is 22.7 Å². The number of anilines is 4. The quantitative estimate of drug-likeness (QED) is 0.394. The zero-order valence-electron chi connectivity index (χ0n) is 25.9. The molecule has 0 saturated heterocycles. The third-order valence-electron chi connectivity index (χ3n) is 7.00. The molecule has 0 aliphatic rings. The topological polar surface area (TPSA) is 24.5 Å². The predicted molar refractivity (Wildman–Crippen MR) is 157 cm³/mol. The van der Waals surface area contributed by atoms with Gasteiger partial charge in [0.1, 0.15) is 46.9 Å². The van der Waals surface area contributed by atoms with Crippen LogP contribution in [0, 0.1) is 0 Å². The van der Waals surface area contributed by atoms with Gasteiger partial charge in [0.05, 0.1) is 0 Å². The van der Waals surface area contributed by atoms with Crippen LogP contribution in [0.2, 0.25) is 0 Å². The molecule has 2 rings (SSSR count). The average molecular weight is 488 g/mol. The fourth-order valence-electron chi connectivity index (χ4n) is 6.15. The van der Waals surface area contributed by atoms with Crippen molar-refractivity contribution in [3.63, 3.8) is 0 Å². The van der Waals surface area contributed by atoms with Gasteiger partial charge in [-0.1, -0.05) is 0 Å². The molecule has 0 heterocycles. The molecule has 2 aromatic rings. The molecule has 0 amide bonds. The van der Waals surface area contributed by atoms with Crippen molar-refractivity contribution in [3.8, 4) is 0 Å². The Labute approximate surface area is 216 Å². The SMILES string of the molecule is CC(C)N(c1c(Nc2c(N(C(C)C)C(C)C)c2=[N+](C(C)C)C(C)C)c1=[N+](C(C)C)C(C)C)C(C)C. The Morgan fingerprint density at radius 3 is 0.829 bits per heavy atom. The molecule has 2 aromatic carbocycles. The molecular weight excluding hydrogens is 430 g/mol. The third-order valence-corrected chi connectivity index (χ3v) is 7.00. The summed E-state index contributed by atoms with van der Waals surface area (Å²) < 4.78 is 5.17. The van der Waals surface area contributed by atoms with Gasteiger partial charge in [0, 0.05) is 24.2 Å². The van der Waals surface area contributed by atoms with Gasteiger partial charge in [-0.15, -0.1) is 0 Å². The monoisotopic (exact) mass is 487 g/mol. The van der Waals surface area contributed by atoms with Gasteiger partial charge >= 0.3 is 0 Å². The maximum Gasteiger partial charge on any atom is 0.252 e. The van der Waals surface area contributed by atoms with Crippen molar-refractivity contribution in [1.82, 2.24) is 9.15 Å². The van der Waals surface area contributed by atoms with E-state index in [-0.39, 0.29) is 0 Å². The molecule has 0 saturated carbocycles. The van der Waals surface area contributed by atoms with Crippen molar-refractivity contribution < 1.29 is 0 Å². The summed E-state index contributed by atoms with van der Waals surface area (Å²) in [5.74, 6) is 0. The second-order valence-electron chi connectivity index (χ2n) is 12.6. The standard InChI is InChI=1S/C30H56N5/c1-17(2)32(18(3)4)27-25(28(27)33(19(5)6)20(7)8)31-26-29(34(21(9)10)22(11)12)30(26)35(23(13)14)24(15)16/h17-24H,1-16H3/q+1/p+1. The van der Waals surface area contributed by atoms with Gasteiger partial charge in [0.25, 0.3) is 10.7 Å². The normalized spacial score (nSPS) is 12.9. The van der Waals surface area contributed by atoms with Crippen LogP contribution >= 0.6 is 0 Å². The molecule has 0 aliphatic heterocycles. The van der Waals surface area contributed by atoms with Crippen molar-refractivity contribution in [2.24, 2.45) is 0 Å². The van der Waals surface area contributed by atoms with E-state index in [4.69, 9.17) is 0 Å². The van der Waals surface area contributed by atoms with Crippen LogP contribution in [0.1, 0.15) is 111 Å². The first-order valence-electron chi connectivity index (χ1n) is 14.2. The van der Waals surface area contributed by atoms with Crippen molar-refractivity contribution >= 4 is 22.7 Å². The number of nitrogens with zero attached hydrogens (tertiary/aromatic N) is 4. The smallest absolute Gasteiger partial charge is 0.252 e. The molecule has 0 radical (unpaired) electrons. The molecule has 1 N–H and O–H groups in total. The largest absolute Gasteiger partial charge is 0.359 e. The summed E-state index contributed by atoms with van der Waals surface area (Å²) in [5.41, 5.74) is 5.43. The summed E-state index contributed by atoms with van der Waals surface area (Å²) in [4.78, 5) is 5.17. The number of hydrogen-bond donors (Lipinski definition) is 1. The van der Waals surface area contributed by atoms with E-state index in [9.17, 15) is 0 Å². The van der Waals surface area contributed by atoms with Crippen LogP contribution in [0.3, 0.4) is 0 Å². The maximum absolute atomic E-state index is 4.01. The van der Waals surface area contributed by atoms with Gasteiger partial charge in [-0.05, 0) is 111 Å². The summed E-state index contributed by atoms with van der Waals surface area (Å²) in [6.07, 6.45) is 0. The molecule has 0 spiro atoms. The van der Waals surface area contributed by atoms with Crippen LogP contribution < -0.4 is 35.0 Å². The van der Waals surface area contributed by atoms with Gasteiger partial charge in [0.2, 0.25) is 0 Å². The minimum Gasteiger partial charge on any atom is -0.359 e. The van der Waals surface area contributed by atoms with Crippen molar-refractivity contribution in [3.05, 3.63) is 10.7 Å². The molecule has 0 bridgehead atoms. The predicted octanol–water partition coefficient (Wildman–Crippen LogP) is 5.61. The average Bonchev–Trinajstić information content (AvgIpc) is 3.52.